The number of aromatic hydroxyl groups is 1. The van der Waals surface area contributed by atoms with Gasteiger partial charge in [0, 0.05) is 54.1 Å². The number of fused-ring (bicyclic) bond motifs is 5. The minimum Gasteiger partial charge on any atom is -0.504 e. The van der Waals surface area contributed by atoms with Crippen molar-refractivity contribution in [2.75, 3.05) is 35.4 Å². The van der Waals surface area contributed by atoms with Crippen molar-refractivity contribution in [3.63, 3.8) is 0 Å². The van der Waals surface area contributed by atoms with Crippen LogP contribution in [0.4, 0.5) is 28.6 Å². The van der Waals surface area contributed by atoms with Gasteiger partial charge in [-0.1, -0.05) is 35.4 Å². The third-order valence-corrected chi connectivity index (χ3v) is 15.4. The number of anilines is 3. The molecule has 0 spiro atoms. The Hall–Kier alpha value is -6.64. The number of ether oxygens (including phenoxy) is 1. The van der Waals surface area contributed by atoms with Crippen LogP contribution < -0.4 is 19.4 Å². The molecule has 2 aliphatic heterocycles. The Morgan fingerprint density at radius 1 is 0.908 bits per heavy atom. The number of phenolic OH excluding ortho intramolecular Hbond substituents is 1. The number of allylic oxidation sites excluding steroid dienone is 2. The second-order valence-corrected chi connectivity index (χ2v) is 19.1. The number of phenols is 1. The predicted octanol–water partition coefficient (Wildman–Crippen LogP) is 10.3. The van der Waals surface area contributed by atoms with Gasteiger partial charge in [0.25, 0.3) is 0 Å². The molecule has 1 saturated carbocycles. The summed E-state index contributed by atoms with van der Waals surface area (Å²) in [7, 11) is 5.64. The number of nitrogens with zero attached hydrogens (tertiary/aromatic N) is 7. The normalized spacial score (nSPS) is 23.9. The summed E-state index contributed by atoms with van der Waals surface area (Å²) in [5.74, 6) is -4.97. The first kappa shape index (κ1) is 42.3. The molecule has 0 bridgehead atoms. The Labute approximate surface area is 384 Å². The molecule has 6 unspecified atom stereocenters. The predicted molar refractivity (Wildman–Crippen MR) is 252 cm³/mol. The van der Waals surface area contributed by atoms with Crippen LogP contribution in [0.5, 0.6) is 11.5 Å². The van der Waals surface area contributed by atoms with Crippen LogP contribution in [0.2, 0.25) is 5.02 Å². The summed E-state index contributed by atoms with van der Waals surface area (Å²) in [6.07, 6.45) is 2.36. The van der Waals surface area contributed by atoms with Gasteiger partial charge in [0.2, 0.25) is 23.6 Å². The lowest BCUT2D eigenvalue weighted by Crippen LogP contribution is -2.49. The van der Waals surface area contributed by atoms with E-state index >= 15 is 9.59 Å². The van der Waals surface area contributed by atoms with Crippen LogP contribution in [0, 0.1) is 36.0 Å². The molecule has 10 rings (SSSR count). The summed E-state index contributed by atoms with van der Waals surface area (Å²) >= 11 is 7.91. The summed E-state index contributed by atoms with van der Waals surface area (Å²) in [6, 6.07) is 27.2. The number of benzene rings is 4. The highest BCUT2D eigenvalue weighted by Crippen LogP contribution is 2.65. The van der Waals surface area contributed by atoms with Gasteiger partial charge in [-0.05, 0) is 123 Å². The lowest BCUT2D eigenvalue weighted by molar-refractivity contribution is -0.131. The average molecular weight is 908 g/mol. The van der Waals surface area contributed by atoms with Gasteiger partial charge in [0.05, 0.1) is 51.7 Å². The maximum Gasteiger partial charge on any atom is 0.242 e. The summed E-state index contributed by atoms with van der Waals surface area (Å²) in [5, 5.41) is 27.1. The highest BCUT2D eigenvalue weighted by molar-refractivity contribution is 7.22. The van der Waals surface area contributed by atoms with E-state index in [9.17, 15) is 14.7 Å². The minimum absolute atomic E-state index is 0.136. The minimum atomic E-state index is -1.40. The van der Waals surface area contributed by atoms with Crippen LogP contribution in [0.15, 0.2) is 113 Å². The first-order valence-electron chi connectivity index (χ1n) is 21.6. The maximum atomic E-state index is 15.3. The lowest BCUT2D eigenvalue weighted by Gasteiger charge is -2.49. The number of halogens is 1. The first-order chi connectivity index (χ1) is 31.2. The molecule has 4 heterocycles. The van der Waals surface area contributed by atoms with Crippen molar-refractivity contribution >= 4 is 85.2 Å². The number of aromatic nitrogens is 2. The van der Waals surface area contributed by atoms with E-state index < -0.39 is 46.8 Å². The molecule has 13 nitrogen and oxygen atoms in total. The molecule has 2 saturated heterocycles. The van der Waals surface area contributed by atoms with Crippen molar-refractivity contribution in [3.8, 4) is 22.1 Å². The zero-order chi connectivity index (χ0) is 45.6. The number of rotatable bonds is 9. The zero-order valence-electron chi connectivity index (χ0n) is 36.7. The van der Waals surface area contributed by atoms with Crippen molar-refractivity contribution in [3.05, 3.63) is 119 Å². The molecule has 2 aliphatic carbocycles. The Morgan fingerprint density at radius 2 is 1.62 bits per heavy atom. The monoisotopic (exact) mass is 907 g/mol. The van der Waals surface area contributed by atoms with Crippen LogP contribution in [-0.2, 0) is 26.2 Å². The van der Waals surface area contributed by atoms with Crippen molar-refractivity contribution in [1.82, 2.24) is 9.78 Å². The molecule has 330 valence electrons. The van der Waals surface area contributed by atoms with Gasteiger partial charge in [0.15, 0.2) is 11.5 Å². The molecule has 1 N–H and O–H groups in total. The lowest BCUT2D eigenvalue weighted by atomic mass is 9.51. The average Bonchev–Trinajstić information content (AvgIpc) is 3.97. The molecule has 3 fully saturated rings. The first-order valence-corrected chi connectivity index (χ1v) is 22.8. The Morgan fingerprint density at radius 3 is 2.31 bits per heavy atom. The van der Waals surface area contributed by atoms with Crippen LogP contribution >= 0.6 is 22.9 Å². The molecule has 2 aromatic heterocycles. The highest BCUT2D eigenvalue weighted by atomic mass is 35.5. The molecule has 0 radical (unpaired) electrons. The van der Waals surface area contributed by atoms with Crippen molar-refractivity contribution in [2.24, 2.45) is 46.4 Å². The van der Waals surface area contributed by atoms with Gasteiger partial charge in [-0.3, -0.25) is 28.8 Å². The highest BCUT2D eigenvalue weighted by Gasteiger charge is 2.68. The zero-order valence-corrected chi connectivity index (χ0v) is 38.2. The summed E-state index contributed by atoms with van der Waals surface area (Å²) in [4.78, 5) is 65.0. The van der Waals surface area contributed by atoms with Crippen LogP contribution in [0.3, 0.4) is 0 Å². The van der Waals surface area contributed by atoms with E-state index in [0.29, 0.717) is 39.2 Å². The topological polar surface area (TPSA) is 150 Å². The fourth-order valence-electron chi connectivity index (χ4n) is 10.7. The van der Waals surface area contributed by atoms with Crippen LogP contribution in [0.1, 0.15) is 43.7 Å². The van der Waals surface area contributed by atoms with Crippen molar-refractivity contribution in [1.29, 1.82) is 0 Å². The number of amides is 4. The second-order valence-electron chi connectivity index (χ2n) is 17.6. The number of aryl methyl sites for hydroxylation is 2. The molecule has 6 atom stereocenters. The third-order valence-electron chi connectivity index (χ3n) is 13.9. The molecule has 4 aliphatic rings. The number of carbonyl (C=O) groups is 4. The smallest absolute Gasteiger partial charge is 0.242 e. The quantitative estimate of drug-likeness (QED) is 0.0856. The van der Waals surface area contributed by atoms with Crippen LogP contribution in [0.25, 0.3) is 20.7 Å². The van der Waals surface area contributed by atoms with Gasteiger partial charge in [0.1, 0.15) is 11.5 Å². The number of azo groups is 1. The Kier molecular flexibility index (Phi) is 10.3. The second kappa shape index (κ2) is 15.8. The van der Waals surface area contributed by atoms with Gasteiger partial charge in [-0.2, -0.15) is 15.3 Å². The van der Waals surface area contributed by atoms with Gasteiger partial charge in [-0.15, -0.1) is 11.3 Å². The summed E-state index contributed by atoms with van der Waals surface area (Å²) < 4.78 is 8.43. The third kappa shape index (κ3) is 6.59. The van der Waals surface area contributed by atoms with E-state index in [1.807, 2.05) is 81.4 Å². The fraction of sp³-hybridized carbons (Fsp3) is 0.300. The Balaban J connectivity index is 1.01. The van der Waals surface area contributed by atoms with E-state index in [-0.39, 0.29) is 42.8 Å². The van der Waals surface area contributed by atoms with Gasteiger partial charge >= 0.3 is 0 Å². The summed E-state index contributed by atoms with van der Waals surface area (Å²) in [5.41, 5.74) is 4.04. The van der Waals surface area contributed by atoms with E-state index in [1.165, 1.54) is 9.80 Å². The SMILES string of the molecule is CCOc1cccc(C2C3=CCC4C(=O)N(c5ccc(N=Nc6ccc(N(C)C)cc6)cc5)C(=O)C4C3CC3C(=O)N(c4cc(-c5sc6ccc(Cl)cc6c5C)nn4C)C(=O)C32C)c1O. The van der Waals surface area contributed by atoms with E-state index in [2.05, 4.69) is 10.2 Å². The Bertz CT molecular complexity index is 3030. The number of para-hydroxylation sites is 1. The largest absolute Gasteiger partial charge is 0.504 e. The van der Waals surface area contributed by atoms with E-state index in [4.69, 9.17) is 21.4 Å². The number of hydrogen-bond acceptors (Lipinski definition) is 11. The van der Waals surface area contributed by atoms with Crippen molar-refractivity contribution in [2.45, 2.75) is 39.5 Å². The number of carbonyl (C=O) groups excluding carboxylic acids is 4. The maximum absolute atomic E-state index is 15.3. The molecular formula is C50H46ClN7O6S. The van der Waals surface area contributed by atoms with Crippen molar-refractivity contribution < 1.29 is 29.0 Å². The molecule has 65 heavy (non-hydrogen) atoms. The summed E-state index contributed by atoms with van der Waals surface area (Å²) in [6.45, 7) is 5.90. The molecule has 6 aromatic rings. The molecule has 4 amide bonds. The van der Waals surface area contributed by atoms with E-state index in [1.54, 1.807) is 78.5 Å². The molecule has 4 aromatic carbocycles. The molecule has 15 heteroatoms. The van der Waals surface area contributed by atoms with Gasteiger partial charge in [-0.25, -0.2) is 4.90 Å². The standard InChI is InChI=1S/C50H46ClN7O6S/c1-7-64-39-10-8-9-34(44(39)59)43-32-20-21-33-42(48(62)57(46(33)60)31-18-14-29(15-19-31)53-52-28-12-16-30(17-13-28)55(4)5)36(32)24-37-47(61)58(49(63)50(37,43)3)41-25-38(54-56(41)6)45-26(2)35-23-27(51)11-22-40(35)65-45/h8-20,22-23,25,33,36-37,42-43,59H,7,21,24H2,1-6H3. The number of hydrogen-bond donors (Lipinski definition) is 1. The van der Waals surface area contributed by atoms with E-state index in [0.717, 1.165) is 31.8 Å². The fourth-order valence-corrected chi connectivity index (χ4v) is 12.0. The van der Waals surface area contributed by atoms with Crippen LogP contribution in [-0.4, -0.2) is 59.2 Å². The number of imide groups is 2. The number of thiophene rings is 1. The van der Waals surface area contributed by atoms with Gasteiger partial charge < -0.3 is 14.7 Å². The molecular weight excluding hydrogens is 862 g/mol.